The van der Waals surface area contributed by atoms with E-state index in [9.17, 15) is 0 Å². The molecular formula is C7H10. The Bertz CT molecular complexity index is 88.2. The molecule has 0 aliphatic heterocycles. The van der Waals surface area contributed by atoms with Crippen LogP contribution in [0.1, 0.15) is 6.42 Å². The van der Waals surface area contributed by atoms with Crippen LogP contribution in [0.15, 0.2) is 37.5 Å². The van der Waals surface area contributed by atoms with Crippen molar-refractivity contribution in [2.75, 3.05) is 0 Å². The van der Waals surface area contributed by atoms with Crippen molar-refractivity contribution >= 4 is 0 Å². The van der Waals surface area contributed by atoms with Crippen LogP contribution < -0.4 is 0 Å². The predicted octanol–water partition coefficient (Wildman–Crippen LogP) is 2.30. The third kappa shape index (κ3) is 3.04. The van der Waals surface area contributed by atoms with Crippen LogP contribution in [0.25, 0.3) is 0 Å². The molecule has 0 aromatic carbocycles. The summed E-state index contributed by atoms with van der Waals surface area (Å²) in [6.45, 7) is 10.7. The normalized spacial score (nSPS) is 7.43. The van der Waals surface area contributed by atoms with Gasteiger partial charge in [-0.05, 0) is 6.42 Å². The average Bonchev–Trinajstić information content (AvgIpc) is 1.68. The highest BCUT2D eigenvalue weighted by atomic mass is 13.8. The predicted molar refractivity (Wildman–Crippen MR) is 34.2 cm³/mol. The van der Waals surface area contributed by atoms with E-state index in [2.05, 4.69) is 19.7 Å². The fourth-order valence-corrected chi connectivity index (χ4v) is 0.269. The molecule has 0 aromatic heterocycles. The maximum absolute atomic E-state index is 3.67. The van der Waals surface area contributed by atoms with E-state index >= 15 is 0 Å². The summed E-state index contributed by atoms with van der Waals surface area (Å²) in [5.74, 6) is 0. The van der Waals surface area contributed by atoms with Gasteiger partial charge in [0.25, 0.3) is 0 Å². The standard InChI is InChI=1S/C7H10/c1-4-6-7(3)5-2/h4-5H,1-3,6H2. The molecule has 38 valence electrons. The molecule has 0 fully saturated rings. The van der Waals surface area contributed by atoms with Crippen molar-refractivity contribution in [2.45, 2.75) is 6.42 Å². The molecule has 0 unspecified atom stereocenters. The van der Waals surface area contributed by atoms with Crippen LogP contribution in [0.3, 0.4) is 0 Å². The molecule has 0 spiro atoms. The smallest absolute Gasteiger partial charge is 0.0106 e. The molecule has 0 bridgehead atoms. The van der Waals surface area contributed by atoms with Crippen molar-refractivity contribution in [1.29, 1.82) is 0 Å². The number of allylic oxidation sites excluding steroid dienone is 3. The highest BCUT2D eigenvalue weighted by Gasteiger charge is 1.75. The van der Waals surface area contributed by atoms with E-state index in [4.69, 9.17) is 0 Å². The molecule has 0 N–H and O–H groups in total. The van der Waals surface area contributed by atoms with Gasteiger partial charge < -0.3 is 0 Å². The van der Waals surface area contributed by atoms with Gasteiger partial charge >= 0.3 is 0 Å². The summed E-state index contributed by atoms with van der Waals surface area (Å²) in [6, 6.07) is 0. The Hall–Kier alpha value is -0.780. The zero-order valence-corrected chi connectivity index (χ0v) is 4.48. The second kappa shape index (κ2) is 3.41. The van der Waals surface area contributed by atoms with E-state index < -0.39 is 0 Å². The summed E-state index contributed by atoms with van der Waals surface area (Å²) in [4.78, 5) is 0. The molecule has 0 amide bonds. The molecule has 0 aliphatic carbocycles. The van der Waals surface area contributed by atoms with Gasteiger partial charge in [0.15, 0.2) is 0 Å². The van der Waals surface area contributed by atoms with Crippen molar-refractivity contribution in [3.8, 4) is 0 Å². The molecule has 0 aromatic rings. The number of rotatable bonds is 3. The summed E-state index contributed by atoms with van der Waals surface area (Å²) in [7, 11) is 0. The Labute approximate surface area is 44.9 Å². The van der Waals surface area contributed by atoms with Gasteiger partial charge in [0, 0.05) is 0 Å². The van der Waals surface area contributed by atoms with Gasteiger partial charge in [0.05, 0.1) is 0 Å². The summed E-state index contributed by atoms with van der Waals surface area (Å²) >= 11 is 0. The van der Waals surface area contributed by atoms with Crippen LogP contribution >= 0.6 is 0 Å². The molecule has 0 nitrogen and oxygen atoms in total. The maximum Gasteiger partial charge on any atom is -0.0106 e. The zero-order valence-electron chi connectivity index (χ0n) is 4.48. The first kappa shape index (κ1) is 6.22. The molecule has 0 atom stereocenters. The van der Waals surface area contributed by atoms with E-state index in [0.717, 1.165) is 12.0 Å². The minimum Gasteiger partial charge on any atom is -0.103 e. The lowest BCUT2D eigenvalue weighted by molar-refractivity contribution is 1.31. The highest BCUT2D eigenvalue weighted by Crippen LogP contribution is 1.96. The van der Waals surface area contributed by atoms with Gasteiger partial charge in [0.2, 0.25) is 0 Å². The maximum atomic E-state index is 3.67. The zero-order chi connectivity index (χ0) is 5.70. The lowest BCUT2D eigenvalue weighted by atomic mass is 10.2. The Morgan fingerprint density at radius 3 is 2.14 bits per heavy atom. The Morgan fingerprint density at radius 2 is 2.00 bits per heavy atom. The van der Waals surface area contributed by atoms with E-state index in [-0.39, 0.29) is 0 Å². The van der Waals surface area contributed by atoms with Gasteiger partial charge in [-0.2, -0.15) is 0 Å². The van der Waals surface area contributed by atoms with E-state index in [0.29, 0.717) is 0 Å². The summed E-state index contributed by atoms with van der Waals surface area (Å²) in [5.41, 5.74) is 1.02. The molecule has 0 saturated heterocycles. The Balaban J connectivity index is 3.36. The fourth-order valence-electron chi connectivity index (χ4n) is 0.269. The second-order valence-electron chi connectivity index (χ2n) is 1.36. The fraction of sp³-hybridized carbons (Fsp3) is 0.143. The van der Waals surface area contributed by atoms with Crippen molar-refractivity contribution in [3.05, 3.63) is 37.5 Å². The first-order chi connectivity index (χ1) is 3.31. The van der Waals surface area contributed by atoms with Gasteiger partial charge in [-0.3, -0.25) is 0 Å². The minimum atomic E-state index is 0.851. The first-order valence-corrected chi connectivity index (χ1v) is 2.22. The Morgan fingerprint density at radius 1 is 1.43 bits per heavy atom. The highest BCUT2D eigenvalue weighted by molar-refractivity contribution is 5.13. The van der Waals surface area contributed by atoms with Gasteiger partial charge in [0.1, 0.15) is 0 Å². The molecule has 0 heterocycles. The molecular weight excluding hydrogens is 84.1 g/mol. The molecule has 0 aliphatic rings. The molecule has 0 radical (unpaired) electrons. The summed E-state index contributed by atoms with van der Waals surface area (Å²) in [6.07, 6.45) is 4.40. The van der Waals surface area contributed by atoms with E-state index in [1.54, 1.807) is 6.08 Å². The van der Waals surface area contributed by atoms with Crippen LogP contribution in [0.5, 0.6) is 0 Å². The monoisotopic (exact) mass is 94.1 g/mol. The third-order valence-electron chi connectivity index (χ3n) is 0.695. The van der Waals surface area contributed by atoms with Crippen LogP contribution in [0.4, 0.5) is 0 Å². The topological polar surface area (TPSA) is 0 Å². The lowest BCUT2D eigenvalue weighted by Gasteiger charge is -1.85. The summed E-state index contributed by atoms with van der Waals surface area (Å²) in [5, 5.41) is 0. The van der Waals surface area contributed by atoms with Crippen LogP contribution in [-0.2, 0) is 0 Å². The van der Waals surface area contributed by atoms with Crippen LogP contribution in [0, 0.1) is 0 Å². The van der Waals surface area contributed by atoms with Crippen molar-refractivity contribution in [2.24, 2.45) is 0 Å². The Kier molecular flexibility index (Phi) is 3.03. The molecule has 0 saturated carbocycles. The van der Waals surface area contributed by atoms with Gasteiger partial charge in [-0.1, -0.05) is 30.9 Å². The van der Waals surface area contributed by atoms with E-state index in [1.165, 1.54) is 0 Å². The van der Waals surface area contributed by atoms with Crippen LogP contribution in [0.2, 0.25) is 0 Å². The van der Waals surface area contributed by atoms with Crippen molar-refractivity contribution in [1.82, 2.24) is 0 Å². The second-order valence-corrected chi connectivity index (χ2v) is 1.36. The van der Waals surface area contributed by atoms with E-state index in [1.807, 2.05) is 6.08 Å². The van der Waals surface area contributed by atoms with Crippen molar-refractivity contribution < 1.29 is 0 Å². The molecule has 0 heteroatoms. The number of hydrogen-bond acceptors (Lipinski definition) is 0. The van der Waals surface area contributed by atoms with Gasteiger partial charge in [-0.25, -0.2) is 0 Å². The van der Waals surface area contributed by atoms with Crippen molar-refractivity contribution in [3.63, 3.8) is 0 Å². The van der Waals surface area contributed by atoms with Crippen LogP contribution in [-0.4, -0.2) is 0 Å². The quantitative estimate of drug-likeness (QED) is 0.372. The summed E-state index contributed by atoms with van der Waals surface area (Å²) < 4.78 is 0. The average molecular weight is 94.2 g/mol. The molecule has 7 heavy (non-hydrogen) atoms. The lowest BCUT2D eigenvalue weighted by Crippen LogP contribution is -1.65. The largest absolute Gasteiger partial charge is 0.103 e. The third-order valence-corrected chi connectivity index (χ3v) is 0.695. The number of hydrogen-bond donors (Lipinski definition) is 0. The first-order valence-electron chi connectivity index (χ1n) is 2.22. The molecule has 0 rings (SSSR count). The van der Waals surface area contributed by atoms with Gasteiger partial charge in [-0.15, -0.1) is 6.58 Å². The minimum absolute atomic E-state index is 0.851. The SMILES string of the molecule is C=CCC(=C)C=C.